The lowest BCUT2D eigenvalue weighted by molar-refractivity contribution is -0.121. The Morgan fingerprint density at radius 2 is 2.05 bits per heavy atom. The molecule has 1 aromatic carbocycles. The van der Waals surface area contributed by atoms with E-state index < -0.39 is 0 Å². The first kappa shape index (κ1) is 16.3. The van der Waals surface area contributed by atoms with E-state index in [2.05, 4.69) is 17.6 Å². The molecule has 4 heteroatoms. The van der Waals surface area contributed by atoms with Crippen LogP contribution in [0.5, 0.6) is 0 Å². The van der Waals surface area contributed by atoms with E-state index >= 15 is 0 Å². The van der Waals surface area contributed by atoms with E-state index in [-0.39, 0.29) is 11.9 Å². The van der Waals surface area contributed by atoms with Crippen LogP contribution in [-0.2, 0) is 4.79 Å². The standard InChI is InChI=1S/C16H27N3O/c1-5-6-7-11-17-16(20)13(2)18-14-9-8-10-15(12-14)19(3)4/h8-10,12-13,18H,5-7,11H2,1-4H3,(H,17,20). The van der Waals surface area contributed by atoms with Crippen LogP contribution in [0.1, 0.15) is 33.1 Å². The molecule has 20 heavy (non-hydrogen) atoms. The molecule has 0 aromatic heterocycles. The Bertz CT molecular complexity index is 418. The van der Waals surface area contributed by atoms with Gasteiger partial charge in [0.1, 0.15) is 6.04 Å². The largest absolute Gasteiger partial charge is 0.378 e. The summed E-state index contributed by atoms with van der Waals surface area (Å²) >= 11 is 0. The van der Waals surface area contributed by atoms with Gasteiger partial charge in [0.25, 0.3) is 0 Å². The Kier molecular flexibility index (Phi) is 6.91. The molecule has 112 valence electrons. The van der Waals surface area contributed by atoms with Gasteiger partial charge in [0, 0.05) is 32.0 Å². The molecule has 0 spiro atoms. The van der Waals surface area contributed by atoms with Crippen molar-refractivity contribution in [2.75, 3.05) is 30.9 Å². The van der Waals surface area contributed by atoms with E-state index in [1.54, 1.807) is 0 Å². The molecule has 0 aliphatic carbocycles. The van der Waals surface area contributed by atoms with E-state index in [1.165, 1.54) is 6.42 Å². The Balaban J connectivity index is 2.46. The average Bonchev–Trinajstić information content (AvgIpc) is 2.43. The highest BCUT2D eigenvalue weighted by molar-refractivity contribution is 5.84. The fourth-order valence-electron chi connectivity index (χ4n) is 1.93. The van der Waals surface area contributed by atoms with Crippen LogP contribution in [0.4, 0.5) is 11.4 Å². The number of hydrogen-bond donors (Lipinski definition) is 2. The predicted octanol–water partition coefficient (Wildman–Crippen LogP) is 2.86. The van der Waals surface area contributed by atoms with Crippen LogP contribution in [0.2, 0.25) is 0 Å². The molecule has 0 bridgehead atoms. The number of unbranched alkanes of at least 4 members (excludes halogenated alkanes) is 2. The Hall–Kier alpha value is -1.71. The third-order valence-electron chi connectivity index (χ3n) is 3.22. The molecule has 0 saturated heterocycles. The number of amides is 1. The van der Waals surface area contributed by atoms with Gasteiger partial charge in [-0.1, -0.05) is 25.8 Å². The normalized spacial score (nSPS) is 11.8. The molecule has 4 nitrogen and oxygen atoms in total. The molecule has 1 atom stereocenters. The van der Waals surface area contributed by atoms with Crippen LogP contribution in [0.3, 0.4) is 0 Å². The molecular weight excluding hydrogens is 250 g/mol. The lowest BCUT2D eigenvalue weighted by Crippen LogP contribution is -2.38. The van der Waals surface area contributed by atoms with Gasteiger partial charge in [-0.05, 0) is 31.5 Å². The molecule has 1 aromatic rings. The summed E-state index contributed by atoms with van der Waals surface area (Å²) < 4.78 is 0. The Labute approximate surface area is 122 Å². The predicted molar refractivity (Wildman–Crippen MR) is 86.4 cm³/mol. The van der Waals surface area contributed by atoms with Crippen LogP contribution in [0.25, 0.3) is 0 Å². The van der Waals surface area contributed by atoms with Gasteiger partial charge in [0.05, 0.1) is 0 Å². The minimum Gasteiger partial charge on any atom is -0.378 e. The third kappa shape index (κ3) is 5.51. The van der Waals surface area contributed by atoms with Gasteiger partial charge >= 0.3 is 0 Å². The second kappa shape index (κ2) is 8.46. The molecular formula is C16H27N3O. The summed E-state index contributed by atoms with van der Waals surface area (Å²) in [6, 6.07) is 7.83. The van der Waals surface area contributed by atoms with Gasteiger partial charge in [0.2, 0.25) is 5.91 Å². The lowest BCUT2D eigenvalue weighted by Gasteiger charge is -2.18. The summed E-state index contributed by atoms with van der Waals surface area (Å²) in [7, 11) is 4.01. The average molecular weight is 277 g/mol. The van der Waals surface area contributed by atoms with Crippen LogP contribution < -0.4 is 15.5 Å². The van der Waals surface area contributed by atoms with Crippen molar-refractivity contribution < 1.29 is 4.79 Å². The van der Waals surface area contributed by atoms with Crippen LogP contribution in [-0.4, -0.2) is 32.6 Å². The van der Waals surface area contributed by atoms with Crippen molar-refractivity contribution in [2.45, 2.75) is 39.2 Å². The molecule has 0 fully saturated rings. The highest BCUT2D eigenvalue weighted by Gasteiger charge is 2.11. The second-order valence-electron chi connectivity index (χ2n) is 5.31. The van der Waals surface area contributed by atoms with Crippen molar-refractivity contribution in [3.8, 4) is 0 Å². The molecule has 0 aliphatic rings. The Morgan fingerprint density at radius 1 is 1.30 bits per heavy atom. The van der Waals surface area contributed by atoms with E-state index in [0.717, 1.165) is 30.8 Å². The maximum Gasteiger partial charge on any atom is 0.242 e. The fourth-order valence-corrected chi connectivity index (χ4v) is 1.93. The van der Waals surface area contributed by atoms with Gasteiger partial charge in [-0.15, -0.1) is 0 Å². The summed E-state index contributed by atoms with van der Waals surface area (Å²) in [5, 5.41) is 6.20. The summed E-state index contributed by atoms with van der Waals surface area (Å²) in [6.07, 6.45) is 3.37. The van der Waals surface area contributed by atoms with Gasteiger partial charge in [-0.2, -0.15) is 0 Å². The van der Waals surface area contributed by atoms with Crippen molar-refractivity contribution in [1.82, 2.24) is 5.32 Å². The van der Waals surface area contributed by atoms with E-state index in [0.29, 0.717) is 0 Å². The number of benzene rings is 1. The summed E-state index contributed by atoms with van der Waals surface area (Å²) in [6.45, 7) is 4.80. The van der Waals surface area contributed by atoms with E-state index in [9.17, 15) is 4.79 Å². The van der Waals surface area contributed by atoms with Gasteiger partial charge < -0.3 is 15.5 Å². The number of hydrogen-bond acceptors (Lipinski definition) is 3. The molecule has 1 unspecified atom stereocenters. The summed E-state index contributed by atoms with van der Waals surface area (Å²) in [4.78, 5) is 14.0. The number of carbonyl (C=O) groups is 1. The SMILES string of the molecule is CCCCCNC(=O)C(C)Nc1cccc(N(C)C)c1. The maximum absolute atomic E-state index is 11.9. The van der Waals surface area contributed by atoms with Crippen molar-refractivity contribution in [3.05, 3.63) is 24.3 Å². The Morgan fingerprint density at radius 3 is 2.70 bits per heavy atom. The first-order chi connectivity index (χ1) is 9.54. The van der Waals surface area contributed by atoms with Crippen molar-refractivity contribution >= 4 is 17.3 Å². The highest BCUT2D eigenvalue weighted by Crippen LogP contribution is 2.17. The number of carbonyl (C=O) groups excluding carboxylic acids is 1. The summed E-state index contributed by atoms with van der Waals surface area (Å²) in [5.41, 5.74) is 2.08. The quantitative estimate of drug-likeness (QED) is 0.718. The zero-order chi connectivity index (χ0) is 15.0. The molecule has 1 amide bonds. The van der Waals surface area contributed by atoms with E-state index in [4.69, 9.17) is 0 Å². The van der Waals surface area contributed by atoms with Crippen molar-refractivity contribution in [1.29, 1.82) is 0 Å². The number of anilines is 2. The van der Waals surface area contributed by atoms with Crippen LogP contribution in [0, 0.1) is 0 Å². The van der Waals surface area contributed by atoms with Crippen molar-refractivity contribution in [3.63, 3.8) is 0 Å². The monoisotopic (exact) mass is 277 g/mol. The molecule has 2 N–H and O–H groups in total. The third-order valence-corrected chi connectivity index (χ3v) is 3.22. The number of nitrogens with zero attached hydrogens (tertiary/aromatic N) is 1. The first-order valence-corrected chi connectivity index (χ1v) is 7.36. The smallest absolute Gasteiger partial charge is 0.242 e. The van der Waals surface area contributed by atoms with Crippen molar-refractivity contribution in [2.24, 2.45) is 0 Å². The number of nitrogens with one attached hydrogen (secondary N) is 2. The van der Waals surface area contributed by atoms with Gasteiger partial charge in [-0.3, -0.25) is 4.79 Å². The van der Waals surface area contributed by atoms with Gasteiger partial charge in [-0.25, -0.2) is 0 Å². The van der Waals surface area contributed by atoms with Crippen LogP contribution >= 0.6 is 0 Å². The molecule has 0 aliphatic heterocycles. The van der Waals surface area contributed by atoms with Crippen LogP contribution in [0.15, 0.2) is 24.3 Å². The molecule has 1 rings (SSSR count). The highest BCUT2D eigenvalue weighted by atomic mass is 16.2. The fraction of sp³-hybridized carbons (Fsp3) is 0.562. The zero-order valence-corrected chi connectivity index (χ0v) is 13.1. The molecule has 0 heterocycles. The minimum atomic E-state index is -0.228. The lowest BCUT2D eigenvalue weighted by atomic mass is 10.2. The number of rotatable bonds is 8. The first-order valence-electron chi connectivity index (χ1n) is 7.36. The maximum atomic E-state index is 11.9. The summed E-state index contributed by atoms with van der Waals surface area (Å²) in [5.74, 6) is 0.0522. The van der Waals surface area contributed by atoms with E-state index in [1.807, 2.05) is 50.2 Å². The minimum absolute atomic E-state index is 0.0522. The second-order valence-corrected chi connectivity index (χ2v) is 5.31. The molecule has 0 saturated carbocycles. The zero-order valence-electron chi connectivity index (χ0n) is 13.1. The topological polar surface area (TPSA) is 44.4 Å². The molecule has 0 radical (unpaired) electrons. The van der Waals surface area contributed by atoms with Gasteiger partial charge in [0.15, 0.2) is 0 Å².